The van der Waals surface area contributed by atoms with Crippen LogP contribution in [0, 0.1) is 0 Å². The van der Waals surface area contributed by atoms with E-state index in [1.807, 2.05) is 31.2 Å². The van der Waals surface area contributed by atoms with Gasteiger partial charge in [0, 0.05) is 5.56 Å². The van der Waals surface area contributed by atoms with Gasteiger partial charge in [0.2, 0.25) is 0 Å². The van der Waals surface area contributed by atoms with Gasteiger partial charge in [0.25, 0.3) is 5.91 Å². The highest BCUT2D eigenvalue weighted by molar-refractivity contribution is 5.94. The van der Waals surface area contributed by atoms with E-state index in [4.69, 9.17) is 4.74 Å². The summed E-state index contributed by atoms with van der Waals surface area (Å²) in [6, 6.07) is 15.7. The molecule has 0 fully saturated rings. The van der Waals surface area contributed by atoms with Crippen molar-refractivity contribution in [1.82, 2.24) is 15.6 Å². The van der Waals surface area contributed by atoms with Gasteiger partial charge in [0.15, 0.2) is 0 Å². The van der Waals surface area contributed by atoms with Gasteiger partial charge < -0.3 is 9.47 Å². The summed E-state index contributed by atoms with van der Waals surface area (Å²) < 4.78 is 10.1. The predicted molar refractivity (Wildman–Crippen MR) is 108 cm³/mol. The molecule has 1 aromatic heterocycles. The van der Waals surface area contributed by atoms with E-state index in [0.29, 0.717) is 17.9 Å². The highest BCUT2D eigenvalue weighted by atomic mass is 16.5. The molecule has 1 heterocycles. The molecule has 8 heteroatoms. The predicted octanol–water partition coefficient (Wildman–Crippen LogP) is 3.03. The number of rotatable bonds is 7. The van der Waals surface area contributed by atoms with Crippen molar-refractivity contribution in [1.29, 1.82) is 0 Å². The Balaban J connectivity index is 1.62. The summed E-state index contributed by atoms with van der Waals surface area (Å²) in [6.45, 7) is 2.48. The second-order valence-electron chi connectivity index (χ2n) is 5.94. The van der Waals surface area contributed by atoms with Crippen LogP contribution in [0.1, 0.15) is 33.3 Å². The number of hydrogen-bond acceptors (Lipinski definition) is 6. The number of esters is 1. The Morgan fingerprint density at radius 1 is 1.17 bits per heavy atom. The largest absolute Gasteiger partial charge is 0.494 e. The van der Waals surface area contributed by atoms with E-state index in [9.17, 15) is 9.59 Å². The number of nitrogens with zero attached hydrogens (tertiary/aromatic N) is 2. The number of ether oxygens (including phenoxy) is 2. The van der Waals surface area contributed by atoms with E-state index in [0.717, 1.165) is 16.9 Å². The molecule has 0 aliphatic carbocycles. The van der Waals surface area contributed by atoms with E-state index in [2.05, 4.69) is 25.5 Å². The van der Waals surface area contributed by atoms with Crippen LogP contribution in [0.5, 0.6) is 5.75 Å². The minimum Gasteiger partial charge on any atom is -0.494 e. The molecule has 1 amide bonds. The number of carbonyl (C=O) groups excluding carboxylic acids is 2. The molecular formula is C21H20N4O4. The number of aromatic amines is 1. The van der Waals surface area contributed by atoms with E-state index in [1.54, 1.807) is 30.3 Å². The average molecular weight is 392 g/mol. The fraction of sp³-hybridized carbons (Fsp3) is 0.143. The first-order valence-corrected chi connectivity index (χ1v) is 8.91. The SMILES string of the molecule is CCOc1cccc(-c2cc(C(=O)N/N=C/c3ccc(C(=O)OC)cc3)[nH]n2)c1. The van der Waals surface area contributed by atoms with Crippen molar-refractivity contribution in [3.8, 4) is 17.0 Å². The third kappa shape index (κ3) is 5.07. The number of methoxy groups -OCH3 is 1. The van der Waals surface area contributed by atoms with Gasteiger partial charge >= 0.3 is 5.97 Å². The molecule has 0 unspecified atom stereocenters. The maximum absolute atomic E-state index is 12.2. The summed E-state index contributed by atoms with van der Waals surface area (Å²) in [5.41, 5.74) is 5.33. The van der Waals surface area contributed by atoms with Crippen LogP contribution in [0.4, 0.5) is 0 Å². The first-order valence-electron chi connectivity index (χ1n) is 8.91. The summed E-state index contributed by atoms with van der Waals surface area (Å²) >= 11 is 0. The average Bonchev–Trinajstić information content (AvgIpc) is 3.24. The molecule has 2 aromatic carbocycles. The number of hydrazone groups is 1. The lowest BCUT2D eigenvalue weighted by atomic mass is 10.1. The molecule has 0 aliphatic rings. The Kier molecular flexibility index (Phi) is 6.36. The number of amides is 1. The van der Waals surface area contributed by atoms with Crippen molar-refractivity contribution in [3.63, 3.8) is 0 Å². The van der Waals surface area contributed by atoms with Crippen LogP contribution in [0.3, 0.4) is 0 Å². The molecule has 0 atom stereocenters. The van der Waals surface area contributed by atoms with Crippen molar-refractivity contribution in [2.24, 2.45) is 5.10 Å². The first kappa shape index (κ1) is 19.8. The highest BCUT2D eigenvalue weighted by Crippen LogP contribution is 2.22. The molecule has 0 spiro atoms. The first-order chi connectivity index (χ1) is 14.1. The number of carbonyl (C=O) groups is 2. The zero-order valence-electron chi connectivity index (χ0n) is 16.0. The second kappa shape index (κ2) is 9.32. The summed E-state index contributed by atoms with van der Waals surface area (Å²) in [5.74, 6) is -0.0994. The Bertz CT molecular complexity index is 1030. The topological polar surface area (TPSA) is 106 Å². The van der Waals surface area contributed by atoms with Gasteiger partial charge in [-0.3, -0.25) is 9.89 Å². The van der Waals surface area contributed by atoms with Crippen LogP contribution < -0.4 is 10.2 Å². The molecule has 0 saturated carbocycles. The molecule has 148 valence electrons. The zero-order chi connectivity index (χ0) is 20.6. The van der Waals surface area contributed by atoms with Crippen molar-refractivity contribution >= 4 is 18.1 Å². The summed E-state index contributed by atoms with van der Waals surface area (Å²) in [7, 11) is 1.32. The lowest BCUT2D eigenvalue weighted by Crippen LogP contribution is -2.18. The monoisotopic (exact) mass is 392 g/mol. The standard InChI is InChI=1S/C21H20N4O4/c1-3-29-17-6-4-5-16(11-17)18-12-19(24-23-18)20(26)25-22-13-14-7-9-15(10-8-14)21(27)28-2/h4-13H,3H2,1-2H3,(H,23,24)(H,25,26)/b22-13+. The minimum atomic E-state index is -0.424. The van der Waals surface area contributed by atoms with E-state index < -0.39 is 11.9 Å². The highest BCUT2D eigenvalue weighted by Gasteiger charge is 2.11. The number of aromatic nitrogens is 2. The summed E-state index contributed by atoms with van der Waals surface area (Å²) in [5, 5.41) is 10.8. The molecule has 0 aliphatic heterocycles. The van der Waals surface area contributed by atoms with E-state index in [-0.39, 0.29) is 5.69 Å². The van der Waals surface area contributed by atoms with Gasteiger partial charge in [-0.2, -0.15) is 10.2 Å². The van der Waals surface area contributed by atoms with E-state index in [1.165, 1.54) is 13.3 Å². The van der Waals surface area contributed by atoms with Gasteiger partial charge in [-0.05, 0) is 42.8 Å². The molecular weight excluding hydrogens is 372 g/mol. The lowest BCUT2D eigenvalue weighted by molar-refractivity contribution is 0.0600. The van der Waals surface area contributed by atoms with Gasteiger partial charge in [0.05, 0.1) is 31.2 Å². The van der Waals surface area contributed by atoms with E-state index >= 15 is 0 Å². The fourth-order valence-corrected chi connectivity index (χ4v) is 2.55. The maximum atomic E-state index is 12.2. The Hall–Kier alpha value is -3.94. The van der Waals surface area contributed by atoms with Crippen LogP contribution >= 0.6 is 0 Å². The zero-order valence-corrected chi connectivity index (χ0v) is 16.0. The minimum absolute atomic E-state index is 0.278. The van der Waals surface area contributed by atoms with Gasteiger partial charge in [-0.25, -0.2) is 10.2 Å². The normalized spacial score (nSPS) is 10.7. The van der Waals surface area contributed by atoms with Crippen molar-refractivity contribution in [2.75, 3.05) is 13.7 Å². The quantitative estimate of drug-likeness (QED) is 0.365. The van der Waals surface area contributed by atoms with Crippen LogP contribution in [-0.4, -0.2) is 42.0 Å². The molecule has 29 heavy (non-hydrogen) atoms. The maximum Gasteiger partial charge on any atom is 0.337 e. The van der Waals surface area contributed by atoms with Gasteiger partial charge in [-0.15, -0.1) is 0 Å². The summed E-state index contributed by atoms with van der Waals surface area (Å²) in [6.07, 6.45) is 1.47. The number of nitrogens with one attached hydrogen (secondary N) is 2. The van der Waals surface area contributed by atoms with Crippen LogP contribution in [0.25, 0.3) is 11.3 Å². The van der Waals surface area contributed by atoms with Crippen LogP contribution in [-0.2, 0) is 4.74 Å². The summed E-state index contributed by atoms with van der Waals surface area (Å²) in [4.78, 5) is 23.7. The Morgan fingerprint density at radius 3 is 2.69 bits per heavy atom. The van der Waals surface area contributed by atoms with Crippen molar-refractivity contribution < 1.29 is 19.1 Å². The number of benzene rings is 2. The molecule has 0 radical (unpaired) electrons. The number of hydrogen-bond donors (Lipinski definition) is 2. The molecule has 0 saturated heterocycles. The second-order valence-corrected chi connectivity index (χ2v) is 5.94. The molecule has 0 bridgehead atoms. The third-order valence-corrected chi connectivity index (χ3v) is 3.97. The fourth-order valence-electron chi connectivity index (χ4n) is 2.55. The third-order valence-electron chi connectivity index (χ3n) is 3.97. The smallest absolute Gasteiger partial charge is 0.337 e. The van der Waals surface area contributed by atoms with Gasteiger partial charge in [0.1, 0.15) is 11.4 Å². The molecule has 3 aromatic rings. The Morgan fingerprint density at radius 2 is 1.97 bits per heavy atom. The molecule has 2 N–H and O–H groups in total. The number of H-pyrrole nitrogens is 1. The lowest BCUT2D eigenvalue weighted by Gasteiger charge is -2.03. The van der Waals surface area contributed by atoms with Crippen LogP contribution in [0.2, 0.25) is 0 Å². The van der Waals surface area contributed by atoms with Crippen molar-refractivity contribution in [3.05, 3.63) is 71.4 Å². The Labute approximate surface area is 167 Å². The van der Waals surface area contributed by atoms with Gasteiger partial charge in [-0.1, -0.05) is 24.3 Å². The molecule has 8 nitrogen and oxygen atoms in total. The van der Waals surface area contributed by atoms with Crippen LogP contribution in [0.15, 0.2) is 59.7 Å². The molecule has 3 rings (SSSR count). The van der Waals surface area contributed by atoms with Crippen molar-refractivity contribution in [2.45, 2.75) is 6.92 Å².